The molecule has 12 heavy (non-hydrogen) atoms. The van der Waals surface area contributed by atoms with E-state index in [1.165, 1.54) is 16.5 Å². The number of nitrogens with one attached hydrogen (secondary N) is 1. The predicted molar refractivity (Wildman–Crippen MR) is 52.2 cm³/mol. The first-order valence-corrected chi connectivity index (χ1v) is 4.03. The van der Waals surface area contributed by atoms with E-state index in [1.54, 1.807) is 0 Å². The zero-order valence-electron chi connectivity index (χ0n) is 7.31. The van der Waals surface area contributed by atoms with Gasteiger partial charge in [-0.15, -0.1) is 0 Å². The number of nitrogen functional groups attached to an aromatic ring is 1. The highest BCUT2D eigenvalue weighted by Crippen LogP contribution is 2.25. The van der Waals surface area contributed by atoms with Gasteiger partial charge in [0.1, 0.15) is 0 Å². The van der Waals surface area contributed by atoms with Crippen molar-refractivity contribution in [3.63, 3.8) is 0 Å². The third kappa shape index (κ3) is 0.811. The molecule has 0 radical (unpaired) electrons. The summed E-state index contributed by atoms with van der Waals surface area (Å²) in [5.74, 6) is 0. The molecule has 0 spiro atoms. The zero-order chi connectivity index (χ0) is 8.72. The van der Waals surface area contributed by atoms with Crippen LogP contribution in [0, 0.1) is 13.8 Å². The molecule has 1 aromatic carbocycles. The van der Waals surface area contributed by atoms with Gasteiger partial charge in [-0.3, -0.25) is 0 Å². The third-order valence-corrected chi connectivity index (χ3v) is 2.27. The maximum atomic E-state index is 5.81. The molecule has 62 valence electrons. The summed E-state index contributed by atoms with van der Waals surface area (Å²) in [5.41, 5.74) is 10.2. The smallest absolute Gasteiger partial charge is 0.0692 e. The van der Waals surface area contributed by atoms with Crippen LogP contribution in [0.5, 0.6) is 0 Å². The largest absolute Gasteiger partial charge is 0.397 e. The predicted octanol–water partition coefficient (Wildman–Crippen LogP) is 2.37. The van der Waals surface area contributed by atoms with Crippen molar-refractivity contribution < 1.29 is 0 Å². The summed E-state index contributed by atoms with van der Waals surface area (Å²) in [6.45, 7) is 4.19. The molecule has 0 saturated carbocycles. The lowest BCUT2D eigenvalue weighted by molar-refractivity contribution is 1.43. The SMILES string of the molecule is Cc1ccc(N)c2[nH]cc(C)c12. The van der Waals surface area contributed by atoms with Crippen LogP contribution in [0.25, 0.3) is 10.9 Å². The van der Waals surface area contributed by atoms with E-state index < -0.39 is 0 Å². The number of nitrogens with two attached hydrogens (primary N) is 1. The Morgan fingerprint density at radius 1 is 1.17 bits per heavy atom. The van der Waals surface area contributed by atoms with Crippen LogP contribution >= 0.6 is 0 Å². The van der Waals surface area contributed by atoms with Gasteiger partial charge in [0, 0.05) is 11.6 Å². The van der Waals surface area contributed by atoms with Gasteiger partial charge in [-0.2, -0.15) is 0 Å². The van der Waals surface area contributed by atoms with Gasteiger partial charge in [-0.1, -0.05) is 6.07 Å². The molecule has 2 heteroatoms. The fourth-order valence-electron chi connectivity index (χ4n) is 1.64. The summed E-state index contributed by atoms with van der Waals surface area (Å²) in [6, 6.07) is 3.99. The molecule has 0 atom stereocenters. The number of H-pyrrole nitrogens is 1. The van der Waals surface area contributed by atoms with Crippen LogP contribution in [-0.2, 0) is 0 Å². The molecule has 0 aliphatic heterocycles. The van der Waals surface area contributed by atoms with E-state index in [9.17, 15) is 0 Å². The van der Waals surface area contributed by atoms with E-state index in [1.807, 2.05) is 12.3 Å². The Balaban J connectivity index is 2.98. The topological polar surface area (TPSA) is 41.8 Å². The number of aromatic amines is 1. The Morgan fingerprint density at radius 2 is 1.92 bits per heavy atom. The minimum absolute atomic E-state index is 0.823. The quantitative estimate of drug-likeness (QED) is 0.571. The molecular formula is C10H12N2. The molecule has 0 bridgehead atoms. The summed E-state index contributed by atoms with van der Waals surface area (Å²) in [6.07, 6.45) is 1.99. The Hall–Kier alpha value is -1.44. The van der Waals surface area contributed by atoms with Gasteiger partial charge >= 0.3 is 0 Å². The first-order valence-electron chi connectivity index (χ1n) is 4.03. The third-order valence-electron chi connectivity index (χ3n) is 2.27. The molecule has 1 aromatic heterocycles. The van der Waals surface area contributed by atoms with Crippen molar-refractivity contribution in [2.24, 2.45) is 0 Å². The lowest BCUT2D eigenvalue weighted by atomic mass is 10.1. The van der Waals surface area contributed by atoms with Crippen molar-refractivity contribution >= 4 is 16.6 Å². The highest BCUT2D eigenvalue weighted by Gasteiger charge is 2.04. The number of anilines is 1. The Labute approximate surface area is 71.4 Å². The summed E-state index contributed by atoms with van der Waals surface area (Å²) in [4.78, 5) is 3.17. The summed E-state index contributed by atoms with van der Waals surface area (Å²) in [5, 5.41) is 1.26. The van der Waals surface area contributed by atoms with Crippen molar-refractivity contribution in [2.45, 2.75) is 13.8 Å². The van der Waals surface area contributed by atoms with Gasteiger partial charge in [-0.05, 0) is 31.0 Å². The van der Waals surface area contributed by atoms with Crippen molar-refractivity contribution in [2.75, 3.05) is 5.73 Å². The molecule has 2 aromatic rings. The number of hydrogen-bond donors (Lipinski definition) is 2. The molecule has 0 unspecified atom stereocenters. The Kier molecular flexibility index (Phi) is 1.37. The molecule has 0 fully saturated rings. The fraction of sp³-hybridized carbons (Fsp3) is 0.200. The molecule has 2 rings (SSSR count). The molecule has 0 aliphatic carbocycles. The highest BCUT2D eigenvalue weighted by atomic mass is 14.7. The molecule has 0 amide bonds. The van der Waals surface area contributed by atoms with Gasteiger partial charge in [0.25, 0.3) is 0 Å². The van der Waals surface area contributed by atoms with Gasteiger partial charge in [0.2, 0.25) is 0 Å². The maximum Gasteiger partial charge on any atom is 0.0692 e. The van der Waals surface area contributed by atoms with Gasteiger partial charge < -0.3 is 10.7 Å². The van der Waals surface area contributed by atoms with Crippen LogP contribution in [0.15, 0.2) is 18.3 Å². The second kappa shape index (κ2) is 2.27. The van der Waals surface area contributed by atoms with Crippen LogP contribution in [0.1, 0.15) is 11.1 Å². The molecule has 3 N–H and O–H groups in total. The maximum absolute atomic E-state index is 5.81. The first-order chi connectivity index (χ1) is 5.70. The van der Waals surface area contributed by atoms with Crippen LogP contribution < -0.4 is 5.73 Å². The number of rotatable bonds is 0. The second-order valence-corrected chi connectivity index (χ2v) is 3.19. The van der Waals surface area contributed by atoms with E-state index in [0.717, 1.165) is 11.2 Å². The van der Waals surface area contributed by atoms with Crippen LogP contribution in [0.3, 0.4) is 0 Å². The molecule has 0 saturated heterocycles. The lowest BCUT2D eigenvalue weighted by Gasteiger charge is -2.00. The van der Waals surface area contributed by atoms with E-state index in [-0.39, 0.29) is 0 Å². The minimum atomic E-state index is 0.823. The zero-order valence-corrected chi connectivity index (χ0v) is 7.31. The molecular weight excluding hydrogens is 148 g/mol. The standard InChI is InChI=1S/C10H12N2/c1-6-3-4-8(11)10-9(6)7(2)5-12-10/h3-5,12H,11H2,1-2H3. The monoisotopic (exact) mass is 160 g/mol. The average Bonchev–Trinajstić information content (AvgIpc) is 2.42. The van der Waals surface area contributed by atoms with E-state index in [4.69, 9.17) is 5.73 Å². The van der Waals surface area contributed by atoms with Crippen LogP contribution in [0.4, 0.5) is 5.69 Å². The highest BCUT2D eigenvalue weighted by molar-refractivity contribution is 5.94. The van der Waals surface area contributed by atoms with E-state index in [2.05, 4.69) is 24.9 Å². The number of benzene rings is 1. The van der Waals surface area contributed by atoms with Gasteiger partial charge in [0.05, 0.1) is 11.2 Å². The summed E-state index contributed by atoms with van der Waals surface area (Å²) >= 11 is 0. The molecule has 2 nitrogen and oxygen atoms in total. The normalized spacial score (nSPS) is 10.8. The number of aromatic nitrogens is 1. The minimum Gasteiger partial charge on any atom is -0.397 e. The number of fused-ring (bicyclic) bond motifs is 1. The average molecular weight is 160 g/mol. The second-order valence-electron chi connectivity index (χ2n) is 3.19. The first kappa shape index (κ1) is 7.22. The summed E-state index contributed by atoms with van der Waals surface area (Å²) in [7, 11) is 0. The molecule has 0 aliphatic rings. The molecule has 1 heterocycles. The summed E-state index contributed by atoms with van der Waals surface area (Å²) < 4.78 is 0. The van der Waals surface area contributed by atoms with Crippen molar-refractivity contribution in [1.82, 2.24) is 4.98 Å². The van der Waals surface area contributed by atoms with Crippen molar-refractivity contribution in [1.29, 1.82) is 0 Å². The number of aryl methyl sites for hydroxylation is 2. The number of hydrogen-bond acceptors (Lipinski definition) is 1. The lowest BCUT2D eigenvalue weighted by Crippen LogP contribution is -1.87. The van der Waals surface area contributed by atoms with E-state index in [0.29, 0.717) is 0 Å². The van der Waals surface area contributed by atoms with Gasteiger partial charge in [0.15, 0.2) is 0 Å². The van der Waals surface area contributed by atoms with Crippen molar-refractivity contribution in [3.8, 4) is 0 Å². The fourth-order valence-corrected chi connectivity index (χ4v) is 1.64. The van der Waals surface area contributed by atoms with Crippen LogP contribution in [0.2, 0.25) is 0 Å². The van der Waals surface area contributed by atoms with Crippen molar-refractivity contribution in [3.05, 3.63) is 29.5 Å². The Bertz CT molecular complexity index is 427. The van der Waals surface area contributed by atoms with E-state index >= 15 is 0 Å². The van der Waals surface area contributed by atoms with Gasteiger partial charge in [-0.25, -0.2) is 0 Å². The van der Waals surface area contributed by atoms with Crippen LogP contribution in [-0.4, -0.2) is 4.98 Å². The Morgan fingerprint density at radius 3 is 2.58 bits per heavy atom.